The zero-order chi connectivity index (χ0) is 6.78. The van der Waals surface area contributed by atoms with E-state index in [0.29, 0.717) is 0 Å². The second kappa shape index (κ2) is 2.25. The van der Waals surface area contributed by atoms with Gasteiger partial charge in [-0.15, -0.1) is 0 Å². The van der Waals surface area contributed by atoms with E-state index in [-0.39, 0.29) is 0 Å². The largest absolute Gasteiger partial charge is 0.456 e. The molecule has 8 heavy (non-hydrogen) atoms. The fourth-order valence-electron chi connectivity index (χ4n) is 0.0472. The van der Waals surface area contributed by atoms with Crippen LogP contribution in [0.5, 0.6) is 0 Å². The average molecular weight is 148 g/mol. The van der Waals surface area contributed by atoms with Crippen molar-refractivity contribution < 1.29 is 21.8 Å². The van der Waals surface area contributed by atoms with Crippen LogP contribution >= 0.6 is 0 Å². The van der Waals surface area contributed by atoms with E-state index in [1.807, 2.05) is 0 Å². The molecule has 0 fully saturated rings. The molecule has 0 aromatic rings. The smallest absolute Gasteiger partial charge is 0.209 e. The molecule has 0 aromatic heterocycles. The van der Waals surface area contributed by atoms with Gasteiger partial charge in [0.1, 0.15) is 11.3 Å². The van der Waals surface area contributed by atoms with Crippen molar-refractivity contribution in [2.24, 2.45) is 0 Å². The highest BCUT2D eigenvalue weighted by molar-refractivity contribution is 7.66. The van der Waals surface area contributed by atoms with E-state index in [9.17, 15) is 17.6 Å². The molecule has 0 aromatic carbocycles. The van der Waals surface area contributed by atoms with Gasteiger partial charge in [0.15, 0.2) is 0 Å². The van der Waals surface area contributed by atoms with Gasteiger partial charge < -0.3 is 0 Å². The highest BCUT2D eigenvalue weighted by atomic mass is 32.1. The number of halogens is 4. The third-order valence-electron chi connectivity index (χ3n) is 0.296. The monoisotopic (exact) mass is 148 g/mol. The lowest BCUT2D eigenvalue weighted by Crippen LogP contribution is -2.17. The first kappa shape index (κ1) is 7.61. The van der Waals surface area contributed by atoms with Crippen LogP contribution in [0.3, 0.4) is 0 Å². The van der Waals surface area contributed by atoms with E-state index in [1.165, 1.54) is 0 Å². The van der Waals surface area contributed by atoms with Crippen LogP contribution in [0, 0.1) is 0 Å². The molecular formula is C2F4OS. The van der Waals surface area contributed by atoms with Crippen LogP contribution in [0.2, 0.25) is 0 Å². The summed E-state index contributed by atoms with van der Waals surface area (Å²) >= 11 is -1.19. The molecule has 6 heteroatoms. The maximum atomic E-state index is 11.1. The van der Waals surface area contributed by atoms with Crippen molar-refractivity contribution in [2.45, 2.75) is 6.18 Å². The summed E-state index contributed by atoms with van der Waals surface area (Å²) < 4.78 is 52.6. The highest BCUT2D eigenvalue weighted by Crippen LogP contribution is 2.16. The minimum absolute atomic E-state index is 1.19. The van der Waals surface area contributed by atoms with Crippen molar-refractivity contribution in [1.29, 1.82) is 0 Å². The molecule has 0 saturated heterocycles. The van der Waals surface area contributed by atoms with Gasteiger partial charge in [0.2, 0.25) is 0 Å². The molecule has 1 nitrogen and oxygen atoms in total. The summed E-state index contributed by atoms with van der Waals surface area (Å²) in [5.74, 6) is 0. The molecule has 0 N–H and O–H groups in total. The molecule has 48 valence electrons. The van der Waals surface area contributed by atoms with Gasteiger partial charge in [0.05, 0.1) is 0 Å². The Bertz CT molecular complexity index is 131. The zero-order valence-electron chi connectivity index (χ0n) is 3.33. The summed E-state index contributed by atoms with van der Waals surface area (Å²) in [6, 6.07) is 0. The molecule has 0 atom stereocenters. The second-order valence-corrected chi connectivity index (χ2v) is 1.38. The van der Waals surface area contributed by atoms with Crippen LogP contribution < -0.4 is 0 Å². The summed E-state index contributed by atoms with van der Waals surface area (Å²) in [7, 11) is 0. The Morgan fingerprint density at radius 1 is 1.38 bits per heavy atom. The number of hydrogen-bond acceptors (Lipinski definition) is 1. The molecule has 0 aliphatic heterocycles. The normalized spacial score (nSPS) is 11.0. The van der Waals surface area contributed by atoms with E-state index in [0.717, 1.165) is 0 Å². The first-order valence-corrected chi connectivity index (χ1v) is 2.12. The van der Waals surface area contributed by atoms with Crippen LogP contribution in [-0.2, 0) is 11.3 Å². The highest BCUT2D eigenvalue weighted by Gasteiger charge is 2.36. The summed E-state index contributed by atoms with van der Waals surface area (Å²) in [5, 5.41) is -2.56. The first-order valence-electron chi connectivity index (χ1n) is 1.38. The van der Waals surface area contributed by atoms with Crippen molar-refractivity contribution in [3.8, 4) is 0 Å². The number of alkyl halides is 3. The van der Waals surface area contributed by atoms with E-state index in [2.05, 4.69) is 0 Å². The van der Waals surface area contributed by atoms with Crippen LogP contribution in [0.1, 0.15) is 0 Å². The van der Waals surface area contributed by atoms with Crippen molar-refractivity contribution >= 4 is 16.4 Å². The van der Waals surface area contributed by atoms with Crippen LogP contribution in [0.15, 0.2) is 0 Å². The lowest BCUT2D eigenvalue weighted by molar-refractivity contribution is -0.0643. The van der Waals surface area contributed by atoms with Crippen LogP contribution in [0.25, 0.3) is 0 Å². The third-order valence-corrected chi connectivity index (χ3v) is 0.674. The predicted octanol–water partition coefficient (Wildman–Crippen LogP) is 0.861. The van der Waals surface area contributed by atoms with E-state index >= 15 is 0 Å². The quantitative estimate of drug-likeness (QED) is 0.283. The lowest BCUT2D eigenvalue weighted by Gasteiger charge is -1.94. The Kier molecular flexibility index (Phi) is 2.14. The van der Waals surface area contributed by atoms with Gasteiger partial charge in [0, 0.05) is 0 Å². The lowest BCUT2D eigenvalue weighted by atomic mass is 10.8. The Morgan fingerprint density at radius 2 is 1.75 bits per heavy atom. The summed E-state index contributed by atoms with van der Waals surface area (Å²) in [6.45, 7) is 0. The Hall–Kier alpha value is -0.390. The third kappa shape index (κ3) is 2.06. The van der Waals surface area contributed by atoms with Crippen molar-refractivity contribution in [3.63, 3.8) is 0 Å². The SMILES string of the molecule is O=S=C(F)C(F)(F)F. The maximum Gasteiger partial charge on any atom is 0.456 e. The molecule has 0 spiro atoms. The van der Waals surface area contributed by atoms with Crippen molar-refractivity contribution in [3.05, 3.63) is 0 Å². The Balaban J connectivity index is 4.26. The van der Waals surface area contributed by atoms with E-state index in [1.54, 1.807) is 0 Å². The minimum atomic E-state index is -5.09. The molecule has 0 saturated carbocycles. The molecule has 0 aliphatic rings. The second-order valence-electron chi connectivity index (χ2n) is 0.855. The van der Waals surface area contributed by atoms with Crippen LogP contribution in [-0.4, -0.2) is 15.5 Å². The fraction of sp³-hybridized carbons (Fsp3) is 0.500. The van der Waals surface area contributed by atoms with Gasteiger partial charge in [-0.1, -0.05) is 0 Å². The van der Waals surface area contributed by atoms with Gasteiger partial charge in [-0.3, -0.25) is 0 Å². The molecule has 0 aliphatic carbocycles. The average Bonchev–Trinajstić information content (AvgIpc) is 1.62. The minimum Gasteiger partial charge on any atom is -0.209 e. The van der Waals surface area contributed by atoms with Gasteiger partial charge in [-0.05, 0) is 0 Å². The van der Waals surface area contributed by atoms with E-state index < -0.39 is 22.6 Å². The molecule has 0 radical (unpaired) electrons. The molecule has 0 rings (SSSR count). The van der Waals surface area contributed by atoms with Crippen LogP contribution in [0.4, 0.5) is 17.6 Å². The van der Waals surface area contributed by atoms with Gasteiger partial charge in [-0.2, -0.15) is 17.6 Å². The summed E-state index contributed by atoms with van der Waals surface area (Å²) in [5.41, 5.74) is 0. The molecular weight excluding hydrogens is 148 g/mol. The number of rotatable bonds is 0. The fourth-order valence-corrected chi connectivity index (χ4v) is 0.142. The van der Waals surface area contributed by atoms with Crippen molar-refractivity contribution in [1.82, 2.24) is 0 Å². The molecule has 0 amide bonds. The maximum absolute atomic E-state index is 11.1. The molecule has 0 bridgehead atoms. The topological polar surface area (TPSA) is 17.1 Å². The summed E-state index contributed by atoms with van der Waals surface area (Å²) in [4.78, 5) is 0. The number of hydrogen-bond donors (Lipinski definition) is 0. The van der Waals surface area contributed by atoms with Crippen molar-refractivity contribution in [2.75, 3.05) is 0 Å². The van der Waals surface area contributed by atoms with Gasteiger partial charge in [-0.25, -0.2) is 4.21 Å². The van der Waals surface area contributed by atoms with Gasteiger partial charge in [0.25, 0.3) is 5.12 Å². The van der Waals surface area contributed by atoms with Gasteiger partial charge >= 0.3 is 6.18 Å². The summed E-state index contributed by atoms with van der Waals surface area (Å²) in [6.07, 6.45) is -5.09. The Morgan fingerprint density at radius 3 is 1.75 bits per heavy atom. The standard InChI is InChI=1S/C2F4OS/c3-1(8-7)2(4,5)6. The van der Waals surface area contributed by atoms with E-state index in [4.69, 9.17) is 4.21 Å². The first-order chi connectivity index (χ1) is 3.48. The zero-order valence-corrected chi connectivity index (χ0v) is 4.14. The molecule has 0 heterocycles. The Labute approximate surface area is 45.4 Å². The molecule has 0 unspecified atom stereocenters. The predicted molar refractivity (Wildman–Crippen MR) is 20.3 cm³/mol.